The van der Waals surface area contributed by atoms with Crippen LogP contribution in [-0.2, 0) is 7.05 Å². The smallest absolute Gasteiger partial charge is 0.297 e. The second kappa shape index (κ2) is 11.0. The third kappa shape index (κ3) is 4.53. The molecule has 0 N–H and O–H groups in total. The van der Waals surface area contributed by atoms with Crippen molar-refractivity contribution in [2.24, 2.45) is 7.05 Å². The van der Waals surface area contributed by atoms with Gasteiger partial charge in [-0.05, 0) is 90.0 Å². The van der Waals surface area contributed by atoms with Crippen molar-refractivity contribution in [3.63, 3.8) is 0 Å². The van der Waals surface area contributed by atoms with Crippen LogP contribution < -0.4 is 4.57 Å². The lowest BCUT2D eigenvalue weighted by molar-refractivity contribution is -0.633. The number of nitrogens with zero attached hydrogens (tertiary/aromatic N) is 3. The van der Waals surface area contributed by atoms with Crippen LogP contribution in [-0.4, -0.2) is 9.55 Å². The average molecular weight is 597 g/mol. The molecule has 0 aliphatic carbocycles. The fourth-order valence-corrected chi connectivity index (χ4v) is 6.87. The number of fused-ring (bicyclic) bond motifs is 2. The van der Waals surface area contributed by atoms with Gasteiger partial charge in [-0.15, -0.1) is 0 Å². The highest BCUT2D eigenvalue weighted by Crippen LogP contribution is 2.38. The maximum atomic E-state index is 6.57. The minimum Gasteiger partial charge on any atom is -0.436 e. The molecule has 4 heteroatoms. The first-order valence-electron chi connectivity index (χ1n) is 15.7. The van der Waals surface area contributed by atoms with Crippen molar-refractivity contribution in [3.05, 3.63) is 150 Å². The molecule has 0 spiro atoms. The number of benzene rings is 6. The van der Waals surface area contributed by atoms with Crippen molar-refractivity contribution in [1.82, 2.24) is 9.55 Å². The number of hydrogen-bond acceptors (Lipinski definition) is 2. The van der Waals surface area contributed by atoms with Crippen LogP contribution in [0.5, 0.6) is 0 Å². The lowest BCUT2D eigenvalue weighted by Gasteiger charge is -2.10. The second-order valence-electron chi connectivity index (χ2n) is 12.1. The molecule has 0 saturated heterocycles. The second-order valence-corrected chi connectivity index (χ2v) is 12.1. The Morgan fingerprint density at radius 3 is 1.83 bits per heavy atom. The molecule has 6 aromatic carbocycles. The van der Waals surface area contributed by atoms with Crippen LogP contribution in [0.3, 0.4) is 0 Å². The van der Waals surface area contributed by atoms with Crippen LogP contribution in [0, 0.1) is 20.8 Å². The van der Waals surface area contributed by atoms with Crippen molar-refractivity contribution in [2.75, 3.05) is 0 Å². The van der Waals surface area contributed by atoms with E-state index in [-0.39, 0.29) is 0 Å². The lowest BCUT2D eigenvalue weighted by Crippen LogP contribution is -2.30. The Morgan fingerprint density at radius 2 is 1.15 bits per heavy atom. The van der Waals surface area contributed by atoms with Gasteiger partial charge in [0.25, 0.3) is 5.82 Å². The number of hydrogen-bond donors (Lipinski definition) is 0. The average Bonchev–Trinajstić information content (AvgIpc) is 3.64. The molecule has 0 atom stereocenters. The minimum absolute atomic E-state index is 0.647. The van der Waals surface area contributed by atoms with Crippen molar-refractivity contribution in [1.29, 1.82) is 0 Å². The van der Waals surface area contributed by atoms with Crippen molar-refractivity contribution >= 4 is 22.1 Å². The van der Waals surface area contributed by atoms with Crippen LogP contribution in [0.2, 0.25) is 0 Å². The zero-order valence-corrected chi connectivity index (χ0v) is 26.5. The van der Waals surface area contributed by atoms with Gasteiger partial charge in [-0.3, -0.25) is 0 Å². The molecule has 2 aromatic heterocycles. The van der Waals surface area contributed by atoms with E-state index >= 15 is 0 Å². The van der Waals surface area contributed by atoms with Crippen LogP contribution in [0.25, 0.3) is 72.9 Å². The summed E-state index contributed by atoms with van der Waals surface area (Å²) in [4.78, 5) is 5.25. The van der Waals surface area contributed by atoms with E-state index < -0.39 is 0 Å². The molecule has 0 bridgehead atoms. The summed E-state index contributed by atoms with van der Waals surface area (Å²) >= 11 is 0. The van der Waals surface area contributed by atoms with E-state index in [0.717, 1.165) is 61.5 Å². The van der Waals surface area contributed by atoms with E-state index in [1.807, 2.05) is 0 Å². The molecular weight excluding hydrogens is 562 g/mol. The van der Waals surface area contributed by atoms with E-state index in [4.69, 9.17) is 9.40 Å². The highest BCUT2D eigenvalue weighted by atomic mass is 16.3. The Balaban J connectivity index is 1.32. The van der Waals surface area contributed by atoms with E-state index in [2.05, 4.69) is 170 Å². The molecule has 0 aliphatic rings. The Kier molecular flexibility index (Phi) is 6.65. The molecule has 4 nitrogen and oxygen atoms in total. The third-order valence-electron chi connectivity index (χ3n) is 9.09. The summed E-state index contributed by atoms with van der Waals surface area (Å²) in [6.45, 7) is 6.45. The minimum atomic E-state index is 0.647. The molecule has 0 unspecified atom stereocenters. The molecular formula is C42H34N3O+. The largest absolute Gasteiger partial charge is 0.436 e. The van der Waals surface area contributed by atoms with Gasteiger partial charge in [0, 0.05) is 5.56 Å². The number of para-hydroxylation sites is 2. The zero-order valence-electron chi connectivity index (χ0n) is 26.5. The molecule has 0 saturated carbocycles. The van der Waals surface area contributed by atoms with E-state index in [0.29, 0.717) is 5.89 Å². The Morgan fingerprint density at radius 1 is 0.565 bits per heavy atom. The third-order valence-corrected chi connectivity index (χ3v) is 9.09. The van der Waals surface area contributed by atoms with Gasteiger partial charge in [0.1, 0.15) is 11.2 Å². The molecule has 0 aliphatic heterocycles. The highest BCUT2D eigenvalue weighted by Gasteiger charge is 2.30. The fraction of sp³-hybridized carbons (Fsp3) is 0.0952. The monoisotopic (exact) mass is 596 g/mol. The Bertz CT molecular complexity index is 2360. The molecule has 46 heavy (non-hydrogen) atoms. The molecule has 8 aromatic rings. The van der Waals surface area contributed by atoms with Gasteiger partial charge in [-0.25, -0.2) is 9.55 Å². The van der Waals surface area contributed by atoms with Crippen LogP contribution >= 0.6 is 0 Å². The first-order valence-corrected chi connectivity index (χ1v) is 15.7. The number of oxazole rings is 1. The number of imidazole rings is 1. The van der Waals surface area contributed by atoms with Gasteiger partial charge in [0.15, 0.2) is 16.6 Å². The van der Waals surface area contributed by atoms with Gasteiger partial charge >= 0.3 is 0 Å². The van der Waals surface area contributed by atoms with Crippen molar-refractivity contribution < 1.29 is 8.98 Å². The molecule has 222 valence electrons. The molecule has 0 radical (unpaired) electrons. The van der Waals surface area contributed by atoms with Crippen molar-refractivity contribution in [3.8, 4) is 50.8 Å². The first kappa shape index (κ1) is 27.8. The number of aryl methyl sites for hydroxylation is 4. The van der Waals surface area contributed by atoms with E-state index in [1.165, 1.54) is 22.3 Å². The Labute approximate surface area is 268 Å². The molecule has 8 rings (SSSR count). The number of aromatic nitrogens is 3. The van der Waals surface area contributed by atoms with Gasteiger partial charge in [-0.1, -0.05) is 103 Å². The summed E-state index contributed by atoms with van der Waals surface area (Å²) in [6, 6.07) is 47.1. The summed E-state index contributed by atoms with van der Waals surface area (Å²) in [5.74, 6) is 1.71. The molecule has 2 heterocycles. The SMILES string of the molecule is Cc1cc(-c2ccccc2)cc(C)c1-c1nc2c(-c3n(-c4ccc(-c5ccccc5)cc4)c4ccccc4[n+]3C)c(C)ccc2o1. The summed E-state index contributed by atoms with van der Waals surface area (Å²) in [7, 11) is 2.14. The van der Waals surface area contributed by atoms with E-state index in [1.54, 1.807) is 0 Å². The van der Waals surface area contributed by atoms with Crippen molar-refractivity contribution in [2.45, 2.75) is 20.8 Å². The first-order chi connectivity index (χ1) is 22.5. The summed E-state index contributed by atoms with van der Waals surface area (Å²) in [6.07, 6.45) is 0. The van der Waals surface area contributed by atoms with E-state index in [9.17, 15) is 0 Å². The van der Waals surface area contributed by atoms with Gasteiger partial charge in [0.2, 0.25) is 5.89 Å². The zero-order chi connectivity index (χ0) is 31.4. The van der Waals surface area contributed by atoms with Crippen LogP contribution in [0.1, 0.15) is 16.7 Å². The lowest BCUT2D eigenvalue weighted by atomic mass is 9.95. The molecule has 0 fully saturated rings. The van der Waals surface area contributed by atoms with Crippen LogP contribution in [0.15, 0.2) is 138 Å². The maximum absolute atomic E-state index is 6.57. The molecule has 0 amide bonds. The number of rotatable bonds is 5. The standard InChI is InChI=1S/C42H34N3O/c1-27-19-24-37-40(43-41(46-37)38-28(2)25-33(26-29(38)3)31-15-9-6-10-16-31)39(27)42-44(4)35-17-11-12-18-36(35)45(42)34-22-20-32(21-23-34)30-13-7-5-8-14-30/h5-26H,1-4H3/q+1. The van der Waals surface area contributed by atoms with Gasteiger partial charge in [0.05, 0.1) is 12.6 Å². The maximum Gasteiger partial charge on any atom is 0.297 e. The summed E-state index contributed by atoms with van der Waals surface area (Å²) in [5, 5.41) is 0. The quantitative estimate of drug-likeness (QED) is 0.185. The predicted molar refractivity (Wildman–Crippen MR) is 188 cm³/mol. The normalized spacial score (nSPS) is 11.5. The van der Waals surface area contributed by atoms with Crippen LogP contribution in [0.4, 0.5) is 0 Å². The highest BCUT2D eigenvalue weighted by molar-refractivity contribution is 5.94. The Hall–Kier alpha value is -5.74. The fourth-order valence-electron chi connectivity index (χ4n) is 6.87. The summed E-state index contributed by atoms with van der Waals surface area (Å²) in [5.41, 5.74) is 15.3. The summed E-state index contributed by atoms with van der Waals surface area (Å²) < 4.78 is 11.2. The topological polar surface area (TPSA) is 34.8 Å². The van der Waals surface area contributed by atoms with Gasteiger partial charge in [-0.2, -0.15) is 4.57 Å². The van der Waals surface area contributed by atoms with Gasteiger partial charge < -0.3 is 4.42 Å². The predicted octanol–water partition coefficient (Wildman–Crippen LogP) is 10.2.